The topological polar surface area (TPSA) is 21.3 Å². The molecule has 4 unspecified atom stereocenters. The van der Waals surface area contributed by atoms with Gasteiger partial charge in [-0.2, -0.15) is 0 Å². The molecule has 1 aromatic carbocycles. The summed E-state index contributed by atoms with van der Waals surface area (Å²) in [5.41, 5.74) is 1.32. The lowest BCUT2D eigenvalue weighted by Gasteiger charge is -2.39. The van der Waals surface area contributed by atoms with Crippen LogP contribution in [-0.4, -0.2) is 13.2 Å². The van der Waals surface area contributed by atoms with E-state index in [-0.39, 0.29) is 0 Å². The van der Waals surface area contributed by atoms with E-state index in [2.05, 4.69) is 43.6 Å². The predicted octanol–water partition coefficient (Wildman–Crippen LogP) is 3.92. The summed E-state index contributed by atoms with van der Waals surface area (Å²) in [5, 5.41) is 3.46. The van der Waals surface area contributed by atoms with Gasteiger partial charge in [0, 0.05) is 18.0 Å². The van der Waals surface area contributed by atoms with Crippen molar-refractivity contribution >= 4 is 0 Å². The van der Waals surface area contributed by atoms with Crippen LogP contribution in [-0.2, 0) is 0 Å². The molecule has 0 aromatic heterocycles. The highest BCUT2D eigenvalue weighted by Crippen LogP contribution is 2.41. The quantitative estimate of drug-likeness (QED) is 0.869. The van der Waals surface area contributed by atoms with Gasteiger partial charge in [-0.25, -0.2) is 0 Å². The van der Waals surface area contributed by atoms with Gasteiger partial charge in [0.25, 0.3) is 0 Å². The van der Waals surface area contributed by atoms with Crippen LogP contribution in [0.4, 0.5) is 0 Å². The van der Waals surface area contributed by atoms with E-state index in [1.54, 1.807) is 0 Å². The number of benzene rings is 1. The number of para-hydroxylation sites is 1. The van der Waals surface area contributed by atoms with Gasteiger partial charge in [0.1, 0.15) is 11.9 Å². The average molecular weight is 259 g/mol. The maximum Gasteiger partial charge on any atom is 0.124 e. The second kappa shape index (κ2) is 5.54. The Kier molecular flexibility index (Phi) is 3.79. The lowest BCUT2D eigenvalue weighted by atomic mass is 9.77. The van der Waals surface area contributed by atoms with Gasteiger partial charge in [0.15, 0.2) is 0 Å². The first-order valence-corrected chi connectivity index (χ1v) is 7.70. The minimum atomic E-state index is 0.398. The first kappa shape index (κ1) is 13.0. The minimum absolute atomic E-state index is 0.398. The van der Waals surface area contributed by atoms with Crippen molar-refractivity contribution < 1.29 is 4.74 Å². The standard InChI is InChI=1S/C17H25NO/c1-12-6-5-7-13(10-12)17-11-15(18-2)14-8-3-4-9-16(14)19-17/h3-4,8-9,12-13,15,17-18H,5-7,10-11H2,1-2H3. The lowest BCUT2D eigenvalue weighted by Crippen LogP contribution is -2.38. The lowest BCUT2D eigenvalue weighted by molar-refractivity contribution is 0.0627. The molecule has 19 heavy (non-hydrogen) atoms. The van der Waals surface area contributed by atoms with Crippen molar-refractivity contribution in [2.24, 2.45) is 11.8 Å². The molecule has 1 aliphatic heterocycles. The SMILES string of the molecule is CNC1CC(C2CCCC(C)C2)Oc2ccccc21. The van der Waals surface area contributed by atoms with Crippen LogP contribution >= 0.6 is 0 Å². The number of nitrogens with one attached hydrogen (secondary N) is 1. The van der Waals surface area contributed by atoms with E-state index in [4.69, 9.17) is 4.74 Å². The molecule has 3 rings (SSSR count). The fraction of sp³-hybridized carbons (Fsp3) is 0.647. The van der Waals surface area contributed by atoms with E-state index in [1.807, 2.05) is 0 Å². The third-order valence-corrected chi connectivity index (χ3v) is 4.89. The number of ether oxygens (including phenoxy) is 1. The van der Waals surface area contributed by atoms with Gasteiger partial charge >= 0.3 is 0 Å². The van der Waals surface area contributed by atoms with Crippen LogP contribution in [0.1, 0.15) is 50.6 Å². The molecule has 0 amide bonds. The highest BCUT2D eigenvalue weighted by Gasteiger charge is 2.34. The number of fused-ring (bicyclic) bond motifs is 1. The van der Waals surface area contributed by atoms with Gasteiger partial charge in [-0.15, -0.1) is 0 Å². The largest absolute Gasteiger partial charge is 0.490 e. The average Bonchev–Trinajstić information content (AvgIpc) is 2.46. The fourth-order valence-electron chi connectivity index (χ4n) is 3.83. The Morgan fingerprint density at radius 2 is 2.00 bits per heavy atom. The van der Waals surface area contributed by atoms with E-state index in [9.17, 15) is 0 Å². The molecule has 1 N–H and O–H groups in total. The second-order valence-electron chi connectivity index (χ2n) is 6.30. The third-order valence-electron chi connectivity index (χ3n) is 4.89. The minimum Gasteiger partial charge on any atom is -0.490 e. The summed E-state index contributed by atoms with van der Waals surface area (Å²) in [4.78, 5) is 0. The fourth-order valence-corrected chi connectivity index (χ4v) is 3.83. The normalized spacial score (nSPS) is 34.4. The molecule has 2 aliphatic rings. The van der Waals surface area contributed by atoms with Crippen LogP contribution in [0, 0.1) is 11.8 Å². The van der Waals surface area contributed by atoms with E-state index in [0.717, 1.165) is 24.0 Å². The van der Waals surface area contributed by atoms with Crippen molar-refractivity contribution in [2.45, 2.75) is 51.2 Å². The zero-order chi connectivity index (χ0) is 13.2. The van der Waals surface area contributed by atoms with Crippen molar-refractivity contribution in [3.8, 4) is 5.75 Å². The van der Waals surface area contributed by atoms with E-state index < -0.39 is 0 Å². The predicted molar refractivity (Wildman–Crippen MR) is 78.4 cm³/mol. The van der Waals surface area contributed by atoms with Crippen molar-refractivity contribution in [1.29, 1.82) is 0 Å². The highest BCUT2D eigenvalue weighted by atomic mass is 16.5. The molecule has 1 saturated carbocycles. The summed E-state index contributed by atoms with van der Waals surface area (Å²) in [5.74, 6) is 2.71. The molecule has 4 atom stereocenters. The zero-order valence-electron chi connectivity index (χ0n) is 12.1. The van der Waals surface area contributed by atoms with Crippen LogP contribution in [0.2, 0.25) is 0 Å². The summed E-state index contributed by atoms with van der Waals surface area (Å²) in [7, 11) is 2.06. The number of hydrogen-bond donors (Lipinski definition) is 1. The summed E-state index contributed by atoms with van der Waals surface area (Å²) < 4.78 is 6.31. The molecule has 1 aliphatic carbocycles. The maximum atomic E-state index is 6.31. The first-order valence-electron chi connectivity index (χ1n) is 7.70. The molecule has 2 nitrogen and oxygen atoms in total. The van der Waals surface area contributed by atoms with Crippen LogP contribution in [0.15, 0.2) is 24.3 Å². The Hall–Kier alpha value is -1.02. The van der Waals surface area contributed by atoms with Gasteiger partial charge in [0.05, 0.1) is 0 Å². The molecule has 1 fully saturated rings. The molecule has 0 bridgehead atoms. The van der Waals surface area contributed by atoms with Crippen LogP contribution in [0.25, 0.3) is 0 Å². The summed E-state index contributed by atoms with van der Waals surface area (Å²) in [6.07, 6.45) is 6.96. The van der Waals surface area contributed by atoms with Crippen LogP contribution < -0.4 is 10.1 Å². The maximum absolute atomic E-state index is 6.31. The van der Waals surface area contributed by atoms with Gasteiger partial charge in [-0.1, -0.05) is 38.0 Å². The van der Waals surface area contributed by atoms with Crippen LogP contribution in [0.3, 0.4) is 0 Å². The second-order valence-corrected chi connectivity index (χ2v) is 6.30. The van der Waals surface area contributed by atoms with Crippen molar-refractivity contribution in [3.63, 3.8) is 0 Å². The Balaban J connectivity index is 1.79. The van der Waals surface area contributed by atoms with E-state index >= 15 is 0 Å². The molecule has 1 heterocycles. The molecule has 2 heteroatoms. The summed E-state index contributed by atoms with van der Waals surface area (Å²) in [6, 6.07) is 8.95. The number of hydrogen-bond acceptors (Lipinski definition) is 2. The third kappa shape index (κ3) is 2.64. The van der Waals surface area contributed by atoms with Crippen molar-refractivity contribution in [1.82, 2.24) is 5.32 Å². The van der Waals surface area contributed by atoms with E-state index in [0.29, 0.717) is 12.1 Å². The Bertz CT molecular complexity index is 431. The first-order chi connectivity index (χ1) is 9.28. The highest BCUT2D eigenvalue weighted by molar-refractivity contribution is 5.38. The molecule has 0 saturated heterocycles. The molecule has 0 radical (unpaired) electrons. The summed E-state index contributed by atoms with van der Waals surface area (Å²) in [6.45, 7) is 2.39. The van der Waals surface area contributed by atoms with Gasteiger partial charge < -0.3 is 10.1 Å². The van der Waals surface area contributed by atoms with Gasteiger partial charge in [-0.05, 0) is 37.8 Å². The number of rotatable bonds is 2. The Morgan fingerprint density at radius 1 is 1.16 bits per heavy atom. The van der Waals surface area contributed by atoms with Gasteiger partial charge in [-0.3, -0.25) is 0 Å². The molecular weight excluding hydrogens is 234 g/mol. The Labute approximate surface area is 116 Å². The zero-order valence-corrected chi connectivity index (χ0v) is 12.1. The Morgan fingerprint density at radius 3 is 2.79 bits per heavy atom. The van der Waals surface area contributed by atoms with Crippen LogP contribution in [0.5, 0.6) is 5.75 Å². The molecular formula is C17H25NO. The summed E-state index contributed by atoms with van der Waals surface area (Å²) >= 11 is 0. The van der Waals surface area contributed by atoms with Crippen molar-refractivity contribution in [2.75, 3.05) is 7.05 Å². The van der Waals surface area contributed by atoms with Crippen molar-refractivity contribution in [3.05, 3.63) is 29.8 Å². The molecule has 1 aromatic rings. The van der Waals surface area contributed by atoms with E-state index in [1.165, 1.54) is 31.2 Å². The monoisotopic (exact) mass is 259 g/mol. The molecule has 104 valence electrons. The molecule has 0 spiro atoms. The smallest absolute Gasteiger partial charge is 0.124 e. The van der Waals surface area contributed by atoms with Gasteiger partial charge in [0.2, 0.25) is 0 Å².